The Labute approximate surface area is 309 Å². The largest absolute Gasteiger partial charge is 0.508 e. The summed E-state index contributed by atoms with van der Waals surface area (Å²) in [5.41, 5.74) is 11.8. The molecule has 5 amide bonds. The molecule has 0 spiro atoms. The number of aromatic amines is 1. The zero-order chi connectivity index (χ0) is 39.6. The molecule has 0 aliphatic carbocycles. The molecule has 1 aromatic heterocycles. The van der Waals surface area contributed by atoms with Gasteiger partial charge in [0.05, 0.1) is 18.9 Å². The van der Waals surface area contributed by atoms with Crippen molar-refractivity contribution in [3.05, 3.63) is 48.0 Å². The van der Waals surface area contributed by atoms with Crippen LogP contribution < -0.4 is 43.4 Å². The number of aromatic nitrogens is 2. The number of amides is 5. The predicted octanol–water partition coefficient (Wildman–Crippen LogP) is -3.29. The summed E-state index contributed by atoms with van der Waals surface area (Å²) in [6.45, 7) is 0.0984. The van der Waals surface area contributed by atoms with Gasteiger partial charge in [-0.15, -0.1) is 0 Å². The zero-order valence-corrected chi connectivity index (χ0v) is 29.4. The van der Waals surface area contributed by atoms with Crippen LogP contribution in [0.25, 0.3) is 0 Å². The first-order valence-electron chi connectivity index (χ1n) is 17.2. The number of H-pyrrole nitrogens is 1. The molecule has 1 aliphatic heterocycles. The van der Waals surface area contributed by atoms with Gasteiger partial charge in [0.15, 0.2) is 5.96 Å². The molecule has 5 atom stereocenters. The third-order valence-electron chi connectivity index (χ3n) is 8.28. The number of nitrogens with one attached hydrogen (secondary N) is 7. The molecule has 1 aliphatic rings. The number of nitrogens with zero attached hydrogens (tertiary/aromatic N) is 2. The van der Waals surface area contributed by atoms with Gasteiger partial charge < -0.3 is 63.7 Å². The highest BCUT2D eigenvalue weighted by Crippen LogP contribution is 2.13. The first-order chi connectivity index (χ1) is 25.7. The van der Waals surface area contributed by atoms with Crippen molar-refractivity contribution >= 4 is 47.4 Å². The van der Waals surface area contributed by atoms with Crippen LogP contribution in [0, 0.1) is 0 Å². The maximum atomic E-state index is 13.9. The molecular weight excluding hydrogens is 710 g/mol. The van der Waals surface area contributed by atoms with Crippen molar-refractivity contribution in [1.29, 1.82) is 0 Å². The molecule has 2 aromatic rings. The number of carboxylic acids is 2. The predicted molar refractivity (Wildman–Crippen MR) is 190 cm³/mol. The molecule has 0 saturated carbocycles. The average Bonchev–Trinajstić information content (AvgIpc) is 3.86. The van der Waals surface area contributed by atoms with Crippen LogP contribution in [0.2, 0.25) is 0 Å². The van der Waals surface area contributed by atoms with Gasteiger partial charge >= 0.3 is 11.9 Å². The number of carboxylic acid groups (broad SMARTS) is 2. The van der Waals surface area contributed by atoms with Crippen LogP contribution >= 0.6 is 0 Å². The zero-order valence-electron chi connectivity index (χ0n) is 29.4. The average molecular weight is 758 g/mol. The second kappa shape index (κ2) is 21.3. The van der Waals surface area contributed by atoms with E-state index in [2.05, 4.69) is 46.9 Å². The van der Waals surface area contributed by atoms with Crippen molar-refractivity contribution in [3.8, 4) is 5.75 Å². The molecule has 1 saturated heterocycles. The van der Waals surface area contributed by atoms with Gasteiger partial charge in [-0.05, 0) is 56.3 Å². The van der Waals surface area contributed by atoms with E-state index in [-0.39, 0.29) is 37.5 Å². The Morgan fingerprint density at radius 2 is 1.56 bits per heavy atom. The number of aliphatic carboxylic acids is 2. The summed E-state index contributed by atoms with van der Waals surface area (Å²) in [5, 5.41) is 43.6. The SMILES string of the molecule is NC(N)=NCCC[C@H](NC(=O)[C@@H]1CCCN1)C(=O)N[C@@H](Cc1cnc[nH]1)C(=O)N[C@@H](Cc1ccc(O)cc1)C(=O)NCC(=O)N[C@@H](CCC(=O)O)C(=O)O. The number of aliphatic imine (C=N–C) groups is 1. The van der Waals surface area contributed by atoms with Crippen LogP contribution in [-0.2, 0) is 46.4 Å². The summed E-state index contributed by atoms with van der Waals surface area (Å²) in [5.74, 6) is -6.62. The minimum absolute atomic E-state index is 0.0534. The van der Waals surface area contributed by atoms with E-state index in [1.807, 2.05) is 0 Å². The summed E-state index contributed by atoms with van der Waals surface area (Å²) in [7, 11) is 0. The Kier molecular flexibility index (Phi) is 16.6. The number of guanidine groups is 1. The standard InChI is InChI=1S/C33H47N11O10/c34-33(35)38-12-2-4-22(42-29(50)21-3-1-11-37-21)30(51)44-25(14-19-15-36-17-40-19)31(52)43-24(13-18-5-7-20(45)8-6-18)28(49)39-16-26(46)41-23(32(53)54)9-10-27(47)48/h5-8,15,17,21-25,37,45H,1-4,9-14,16H2,(H,36,40)(H,39,49)(H,41,46)(H,42,50)(H,43,52)(H,44,51)(H,47,48)(H,53,54)(H4,34,35,38)/t21-,22-,23-,24-,25-/m0/s1. The fraction of sp³-hybridized carbons (Fsp3) is 0.485. The number of carbonyl (C=O) groups excluding carboxylic acids is 5. The number of phenols is 1. The summed E-state index contributed by atoms with van der Waals surface area (Å²) < 4.78 is 0. The summed E-state index contributed by atoms with van der Waals surface area (Å²) in [4.78, 5) is 99.8. The Bertz CT molecular complexity index is 1630. The van der Waals surface area contributed by atoms with Crippen molar-refractivity contribution in [2.24, 2.45) is 16.5 Å². The normalized spacial score (nSPS) is 15.7. The van der Waals surface area contributed by atoms with Gasteiger partial charge in [-0.2, -0.15) is 0 Å². The monoisotopic (exact) mass is 757 g/mol. The van der Waals surface area contributed by atoms with Gasteiger partial charge in [-0.25, -0.2) is 9.78 Å². The van der Waals surface area contributed by atoms with E-state index in [1.165, 1.54) is 36.8 Å². The van der Waals surface area contributed by atoms with Gasteiger partial charge in [0.25, 0.3) is 0 Å². The van der Waals surface area contributed by atoms with Gasteiger partial charge in [0.1, 0.15) is 29.9 Å². The second-order valence-corrected chi connectivity index (χ2v) is 12.5. The summed E-state index contributed by atoms with van der Waals surface area (Å²) in [6.07, 6.45) is 3.42. The van der Waals surface area contributed by atoms with Gasteiger partial charge in [-0.3, -0.25) is 33.8 Å². The highest BCUT2D eigenvalue weighted by atomic mass is 16.4. The van der Waals surface area contributed by atoms with Crippen molar-refractivity contribution in [1.82, 2.24) is 41.9 Å². The fourth-order valence-electron chi connectivity index (χ4n) is 5.46. The van der Waals surface area contributed by atoms with Crippen LogP contribution in [0.1, 0.15) is 49.8 Å². The third-order valence-corrected chi connectivity index (χ3v) is 8.28. The molecule has 1 fully saturated rings. The minimum Gasteiger partial charge on any atom is -0.508 e. The van der Waals surface area contributed by atoms with E-state index in [9.17, 15) is 43.8 Å². The third kappa shape index (κ3) is 14.8. The van der Waals surface area contributed by atoms with Crippen LogP contribution in [0.4, 0.5) is 0 Å². The topological polar surface area (TPSA) is 345 Å². The highest BCUT2D eigenvalue weighted by Gasteiger charge is 2.32. The number of hydrogen-bond donors (Lipinski definition) is 12. The lowest BCUT2D eigenvalue weighted by atomic mass is 10.0. The van der Waals surface area contributed by atoms with E-state index < -0.39 is 91.1 Å². The molecule has 0 unspecified atom stereocenters. The Morgan fingerprint density at radius 1 is 0.870 bits per heavy atom. The lowest BCUT2D eigenvalue weighted by Crippen LogP contribution is -2.59. The van der Waals surface area contributed by atoms with Crippen molar-refractivity contribution in [2.45, 2.75) is 81.6 Å². The second-order valence-electron chi connectivity index (χ2n) is 12.5. The van der Waals surface area contributed by atoms with E-state index in [4.69, 9.17) is 16.6 Å². The summed E-state index contributed by atoms with van der Waals surface area (Å²) >= 11 is 0. The quantitative estimate of drug-likeness (QED) is 0.0318. The van der Waals surface area contributed by atoms with E-state index >= 15 is 0 Å². The minimum atomic E-state index is -1.53. The molecule has 2 heterocycles. The van der Waals surface area contributed by atoms with E-state index in [0.717, 1.165) is 6.42 Å². The molecule has 21 heteroatoms. The van der Waals surface area contributed by atoms with E-state index in [1.54, 1.807) is 0 Å². The van der Waals surface area contributed by atoms with Crippen LogP contribution in [-0.4, -0.2) is 123 Å². The lowest BCUT2D eigenvalue weighted by Gasteiger charge is -2.26. The number of aromatic hydroxyl groups is 1. The fourth-order valence-corrected chi connectivity index (χ4v) is 5.46. The number of rotatable bonds is 22. The van der Waals surface area contributed by atoms with E-state index in [0.29, 0.717) is 30.6 Å². The molecule has 1 aromatic carbocycles. The number of hydrogen-bond acceptors (Lipinski definition) is 11. The Morgan fingerprint density at radius 3 is 2.15 bits per heavy atom. The van der Waals surface area contributed by atoms with Crippen molar-refractivity contribution in [2.75, 3.05) is 19.6 Å². The van der Waals surface area contributed by atoms with Gasteiger partial charge in [0, 0.05) is 37.7 Å². The molecule has 0 radical (unpaired) electrons. The van der Waals surface area contributed by atoms with Gasteiger partial charge in [-0.1, -0.05) is 12.1 Å². The van der Waals surface area contributed by atoms with Crippen molar-refractivity contribution < 1.29 is 48.9 Å². The number of carbonyl (C=O) groups is 7. The molecule has 21 nitrogen and oxygen atoms in total. The lowest BCUT2D eigenvalue weighted by molar-refractivity contribution is -0.143. The molecule has 3 rings (SSSR count). The maximum absolute atomic E-state index is 13.9. The molecule has 54 heavy (non-hydrogen) atoms. The molecular formula is C33H47N11O10. The van der Waals surface area contributed by atoms with Crippen LogP contribution in [0.15, 0.2) is 41.8 Å². The van der Waals surface area contributed by atoms with Crippen molar-refractivity contribution in [3.63, 3.8) is 0 Å². The van der Waals surface area contributed by atoms with Crippen LogP contribution in [0.3, 0.4) is 0 Å². The molecule has 294 valence electrons. The maximum Gasteiger partial charge on any atom is 0.326 e. The number of phenolic OH excluding ortho intramolecular Hbond substituents is 1. The highest BCUT2D eigenvalue weighted by molar-refractivity contribution is 5.96. The first-order valence-corrected chi connectivity index (χ1v) is 17.2. The molecule has 0 bridgehead atoms. The van der Waals surface area contributed by atoms with Crippen LogP contribution in [0.5, 0.6) is 5.75 Å². The first kappa shape index (κ1) is 42.2. The number of imidazole rings is 1. The molecule has 14 N–H and O–H groups in total. The van der Waals surface area contributed by atoms with Gasteiger partial charge in [0.2, 0.25) is 29.5 Å². The smallest absolute Gasteiger partial charge is 0.326 e. The summed E-state index contributed by atoms with van der Waals surface area (Å²) in [6, 6.07) is -0.0432. The number of nitrogens with two attached hydrogens (primary N) is 2. The Balaban J connectivity index is 1.80. The number of benzene rings is 1. The Hall–Kier alpha value is -6.25.